The molecule has 0 unspecified atom stereocenters. The van der Waals surface area contributed by atoms with E-state index in [2.05, 4.69) is 91.5 Å². The average Bonchev–Trinajstić information content (AvgIpc) is 2.69. The van der Waals surface area contributed by atoms with Gasteiger partial charge in [0.1, 0.15) is 0 Å². The van der Waals surface area contributed by atoms with E-state index in [0.717, 1.165) is 43.1 Å². The summed E-state index contributed by atoms with van der Waals surface area (Å²) in [4.78, 5) is 9.68. The third-order valence-electron chi connectivity index (χ3n) is 5.70. The Morgan fingerprint density at radius 3 is 2.29 bits per heavy atom. The van der Waals surface area contributed by atoms with Gasteiger partial charge in [-0.2, -0.15) is 0 Å². The second kappa shape index (κ2) is 7.80. The number of hydrogen-bond acceptors (Lipinski definition) is 4. The number of aryl methyl sites for hydroxylation is 1. The van der Waals surface area contributed by atoms with Crippen LogP contribution in [0.15, 0.2) is 48.5 Å². The van der Waals surface area contributed by atoms with Crippen LogP contribution in [0.5, 0.6) is 0 Å². The first-order valence-electron chi connectivity index (χ1n) is 10.2. The highest BCUT2D eigenvalue weighted by Crippen LogP contribution is 2.35. The minimum absolute atomic E-state index is 0.407. The Hall–Kier alpha value is -2.59. The van der Waals surface area contributed by atoms with Crippen molar-refractivity contribution in [3.05, 3.63) is 59.8 Å². The van der Waals surface area contributed by atoms with Crippen molar-refractivity contribution in [2.24, 2.45) is 0 Å². The number of rotatable bonds is 4. The third kappa shape index (κ3) is 3.69. The fraction of sp³-hybridized carbons (Fsp3) is 0.375. The number of pyridine rings is 1. The largest absolute Gasteiger partial charge is 0.369 e. The molecule has 1 aliphatic rings. The van der Waals surface area contributed by atoms with Crippen molar-refractivity contribution in [3.63, 3.8) is 0 Å². The molecule has 0 saturated carbocycles. The Morgan fingerprint density at radius 2 is 1.61 bits per heavy atom. The number of aromatic nitrogens is 1. The number of para-hydroxylation sites is 1. The fourth-order valence-corrected chi connectivity index (χ4v) is 4.16. The van der Waals surface area contributed by atoms with Crippen LogP contribution in [-0.4, -0.2) is 43.1 Å². The molecule has 0 spiro atoms. The molecular formula is C24H30N4. The van der Waals surface area contributed by atoms with Crippen LogP contribution in [0.25, 0.3) is 10.9 Å². The van der Waals surface area contributed by atoms with Crippen LogP contribution >= 0.6 is 0 Å². The maximum Gasteiger partial charge on any atom is 0.0726 e. The SMILES string of the molecule is Cc1nc2ccccc2c(Nc2ccc(N3CCN(C)CC3)cc2)c1C(C)C. The van der Waals surface area contributed by atoms with Gasteiger partial charge in [0.2, 0.25) is 0 Å². The smallest absolute Gasteiger partial charge is 0.0726 e. The van der Waals surface area contributed by atoms with Gasteiger partial charge in [0.25, 0.3) is 0 Å². The molecule has 0 aliphatic carbocycles. The second-order valence-corrected chi connectivity index (χ2v) is 8.12. The third-order valence-corrected chi connectivity index (χ3v) is 5.70. The Balaban J connectivity index is 1.65. The first-order valence-corrected chi connectivity index (χ1v) is 10.2. The molecule has 146 valence electrons. The summed E-state index contributed by atoms with van der Waals surface area (Å²) in [7, 11) is 2.19. The molecule has 4 nitrogen and oxygen atoms in total. The standard InChI is InChI=1S/C24H30N4/c1-17(2)23-18(3)25-22-8-6-5-7-21(22)24(23)26-19-9-11-20(12-10-19)28-15-13-27(4)14-16-28/h5-12,17H,13-16H2,1-4H3,(H,25,26). The first-order chi connectivity index (χ1) is 13.5. The highest BCUT2D eigenvalue weighted by molar-refractivity contribution is 5.95. The quantitative estimate of drug-likeness (QED) is 0.683. The zero-order valence-electron chi connectivity index (χ0n) is 17.4. The van der Waals surface area contributed by atoms with E-state index in [1.807, 2.05) is 0 Å². The van der Waals surface area contributed by atoms with Crippen molar-refractivity contribution in [2.45, 2.75) is 26.7 Å². The van der Waals surface area contributed by atoms with Gasteiger partial charge in [-0.1, -0.05) is 32.0 Å². The Morgan fingerprint density at radius 1 is 0.929 bits per heavy atom. The van der Waals surface area contributed by atoms with Crippen molar-refractivity contribution in [1.29, 1.82) is 0 Å². The van der Waals surface area contributed by atoms with E-state index in [-0.39, 0.29) is 0 Å². The maximum absolute atomic E-state index is 4.83. The molecule has 2 heterocycles. The summed E-state index contributed by atoms with van der Waals surface area (Å²) in [5.74, 6) is 0.407. The van der Waals surface area contributed by atoms with Gasteiger partial charge >= 0.3 is 0 Å². The molecule has 28 heavy (non-hydrogen) atoms. The summed E-state index contributed by atoms with van der Waals surface area (Å²) in [6.45, 7) is 11.0. The highest BCUT2D eigenvalue weighted by atomic mass is 15.2. The van der Waals surface area contributed by atoms with E-state index >= 15 is 0 Å². The van der Waals surface area contributed by atoms with Crippen LogP contribution in [0.3, 0.4) is 0 Å². The molecule has 4 heteroatoms. The minimum Gasteiger partial charge on any atom is -0.369 e. The molecule has 0 bridgehead atoms. The minimum atomic E-state index is 0.407. The number of piperazine rings is 1. The monoisotopic (exact) mass is 374 g/mol. The van der Waals surface area contributed by atoms with Crippen LogP contribution in [0.1, 0.15) is 31.0 Å². The fourth-order valence-electron chi connectivity index (χ4n) is 4.16. The number of likely N-dealkylation sites (N-methyl/N-ethyl adjacent to an activating group) is 1. The van der Waals surface area contributed by atoms with Crippen LogP contribution in [0.2, 0.25) is 0 Å². The zero-order chi connectivity index (χ0) is 19.7. The van der Waals surface area contributed by atoms with Gasteiger partial charge in [-0.05, 0) is 50.2 Å². The molecule has 0 radical (unpaired) electrons. The van der Waals surface area contributed by atoms with Crippen molar-refractivity contribution >= 4 is 28.0 Å². The highest BCUT2D eigenvalue weighted by Gasteiger charge is 2.17. The van der Waals surface area contributed by atoms with Crippen molar-refractivity contribution < 1.29 is 0 Å². The predicted octanol–water partition coefficient (Wildman–Crippen LogP) is 5.16. The molecule has 1 saturated heterocycles. The number of hydrogen-bond donors (Lipinski definition) is 1. The molecule has 4 rings (SSSR count). The van der Waals surface area contributed by atoms with Crippen molar-refractivity contribution in [2.75, 3.05) is 43.4 Å². The van der Waals surface area contributed by atoms with E-state index in [0.29, 0.717) is 5.92 Å². The normalized spacial score (nSPS) is 15.4. The Labute approximate surface area is 168 Å². The van der Waals surface area contributed by atoms with Gasteiger partial charge in [-0.15, -0.1) is 0 Å². The second-order valence-electron chi connectivity index (χ2n) is 8.12. The first kappa shape index (κ1) is 18.8. The van der Waals surface area contributed by atoms with Crippen LogP contribution < -0.4 is 10.2 Å². The lowest BCUT2D eigenvalue weighted by Crippen LogP contribution is -2.44. The molecule has 1 aliphatic heterocycles. The molecule has 3 aromatic rings. The molecule has 1 N–H and O–H groups in total. The lowest BCUT2D eigenvalue weighted by Gasteiger charge is -2.34. The summed E-state index contributed by atoms with van der Waals surface area (Å²) < 4.78 is 0. The lowest BCUT2D eigenvalue weighted by molar-refractivity contribution is 0.313. The molecule has 1 fully saturated rings. The van der Waals surface area contributed by atoms with E-state index in [1.165, 1.54) is 22.3 Å². The van der Waals surface area contributed by atoms with E-state index < -0.39 is 0 Å². The number of fused-ring (bicyclic) bond motifs is 1. The molecule has 0 atom stereocenters. The van der Waals surface area contributed by atoms with E-state index in [9.17, 15) is 0 Å². The van der Waals surface area contributed by atoms with Gasteiger partial charge < -0.3 is 15.1 Å². The Bertz CT molecular complexity index is 954. The lowest BCUT2D eigenvalue weighted by atomic mass is 9.96. The number of benzene rings is 2. The number of nitrogens with zero attached hydrogens (tertiary/aromatic N) is 3. The van der Waals surface area contributed by atoms with E-state index in [4.69, 9.17) is 4.98 Å². The maximum atomic E-state index is 4.83. The van der Waals surface area contributed by atoms with Crippen molar-refractivity contribution in [1.82, 2.24) is 9.88 Å². The van der Waals surface area contributed by atoms with E-state index in [1.54, 1.807) is 0 Å². The van der Waals surface area contributed by atoms with Crippen LogP contribution in [0, 0.1) is 6.92 Å². The summed E-state index contributed by atoms with van der Waals surface area (Å²) >= 11 is 0. The van der Waals surface area contributed by atoms with Gasteiger partial charge in [0, 0.05) is 54.2 Å². The van der Waals surface area contributed by atoms with Gasteiger partial charge in [0.15, 0.2) is 0 Å². The predicted molar refractivity (Wildman–Crippen MR) is 120 cm³/mol. The van der Waals surface area contributed by atoms with Crippen LogP contribution in [-0.2, 0) is 0 Å². The number of nitrogens with one attached hydrogen (secondary N) is 1. The number of anilines is 3. The summed E-state index contributed by atoms with van der Waals surface area (Å²) in [6, 6.07) is 17.3. The summed E-state index contributed by atoms with van der Waals surface area (Å²) in [5, 5.41) is 4.89. The topological polar surface area (TPSA) is 31.4 Å². The summed E-state index contributed by atoms with van der Waals surface area (Å²) in [6.07, 6.45) is 0. The summed E-state index contributed by atoms with van der Waals surface area (Å²) in [5.41, 5.74) is 7.05. The van der Waals surface area contributed by atoms with Crippen molar-refractivity contribution in [3.8, 4) is 0 Å². The molecular weight excluding hydrogens is 344 g/mol. The zero-order valence-corrected chi connectivity index (χ0v) is 17.4. The molecule has 1 aromatic heterocycles. The Kier molecular flexibility index (Phi) is 5.23. The van der Waals surface area contributed by atoms with Crippen LogP contribution in [0.4, 0.5) is 17.1 Å². The van der Waals surface area contributed by atoms with Gasteiger partial charge in [-0.25, -0.2) is 0 Å². The van der Waals surface area contributed by atoms with Gasteiger partial charge in [-0.3, -0.25) is 4.98 Å². The molecule has 2 aromatic carbocycles. The average molecular weight is 375 g/mol. The molecule has 0 amide bonds. The van der Waals surface area contributed by atoms with Gasteiger partial charge in [0.05, 0.1) is 11.2 Å².